The quantitative estimate of drug-likeness (QED) is 0.591. The lowest BCUT2D eigenvalue weighted by molar-refractivity contribution is -0.605. The number of hydrogen-bond acceptors (Lipinski definition) is 4. The van der Waals surface area contributed by atoms with Gasteiger partial charge in [0.15, 0.2) is 19.0 Å². The molecule has 0 unspecified atom stereocenters. The number of rotatable bonds is 7. The number of halogens is 1. The van der Waals surface area contributed by atoms with Gasteiger partial charge in [-0.2, -0.15) is 4.73 Å². The van der Waals surface area contributed by atoms with Crippen LogP contribution < -0.4 is 14.8 Å². The number of likely N-dealkylation sites (N-methyl/N-ethyl adjacent to an activating group) is 1. The van der Waals surface area contributed by atoms with E-state index < -0.39 is 5.91 Å². The molecule has 1 atom stereocenters. The minimum Gasteiger partial charge on any atom is -0.619 e. The van der Waals surface area contributed by atoms with Crippen molar-refractivity contribution in [2.75, 3.05) is 20.2 Å². The molecule has 0 bridgehead atoms. The minimum atomic E-state index is -0.398. The first-order chi connectivity index (χ1) is 12.4. The molecule has 0 aliphatic heterocycles. The third-order valence-corrected chi connectivity index (χ3v) is 3.83. The van der Waals surface area contributed by atoms with Crippen molar-refractivity contribution in [3.05, 3.63) is 65.4 Å². The SMILES string of the molecule is C[C@@H](CNC(=O)c1ccc[n+]([O-])c1)N(C)C(=O)COc1ccc(F)cc1. The summed E-state index contributed by atoms with van der Waals surface area (Å²) in [6, 6.07) is 8.09. The van der Waals surface area contributed by atoms with Crippen molar-refractivity contribution >= 4 is 11.8 Å². The van der Waals surface area contributed by atoms with Crippen LogP contribution in [0.3, 0.4) is 0 Å². The average molecular weight is 361 g/mol. The molecule has 0 aliphatic carbocycles. The summed E-state index contributed by atoms with van der Waals surface area (Å²) >= 11 is 0. The Hall–Kier alpha value is -3.16. The summed E-state index contributed by atoms with van der Waals surface area (Å²) in [5.74, 6) is -0.672. The standard InChI is InChI=1S/C18H20FN3O4/c1-13(10-20-18(24)14-4-3-9-22(25)11-14)21(2)17(23)12-26-16-7-5-15(19)6-8-16/h3-9,11,13H,10,12H2,1-2H3,(H,20,24)/t13-/m0/s1. The number of carbonyl (C=O) groups is 2. The summed E-state index contributed by atoms with van der Waals surface area (Å²) in [6.45, 7) is 1.79. The van der Waals surface area contributed by atoms with Crippen molar-refractivity contribution in [1.82, 2.24) is 10.2 Å². The molecule has 26 heavy (non-hydrogen) atoms. The summed E-state index contributed by atoms with van der Waals surface area (Å²) in [6.07, 6.45) is 2.46. The fourth-order valence-electron chi connectivity index (χ4n) is 2.09. The van der Waals surface area contributed by atoms with Crippen LogP contribution in [0.15, 0.2) is 48.8 Å². The van der Waals surface area contributed by atoms with Crippen molar-refractivity contribution < 1.29 is 23.4 Å². The first kappa shape index (κ1) is 19.2. The van der Waals surface area contributed by atoms with Crippen LogP contribution in [-0.4, -0.2) is 43.0 Å². The highest BCUT2D eigenvalue weighted by atomic mass is 19.1. The number of nitrogens with one attached hydrogen (secondary N) is 1. The lowest BCUT2D eigenvalue weighted by Gasteiger charge is -2.25. The van der Waals surface area contributed by atoms with Crippen molar-refractivity contribution in [2.24, 2.45) is 0 Å². The summed E-state index contributed by atoms with van der Waals surface area (Å²) in [7, 11) is 1.60. The van der Waals surface area contributed by atoms with Gasteiger partial charge in [0.25, 0.3) is 11.8 Å². The van der Waals surface area contributed by atoms with E-state index in [2.05, 4.69) is 5.32 Å². The summed E-state index contributed by atoms with van der Waals surface area (Å²) in [4.78, 5) is 25.6. The minimum absolute atomic E-state index is 0.199. The van der Waals surface area contributed by atoms with Crippen LogP contribution in [0.25, 0.3) is 0 Å². The molecule has 2 rings (SSSR count). The van der Waals surface area contributed by atoms with E-state index in [1.54, 1.807) is 14.0 Å². The van der Waals surface area contributed by atoms with Gasteiger partial charge in [-0.15, -0.1) is 0 Å². The zero-order valence-electron chi connectivity index (χ0n) is 14.5. The molecule has 138 valence electrons. The van der Waals surface area contributed by atoms with Crippen molar-refractivity contribution in [3.8, 4) is 5.75 Å². The van der Waals surface area contributed by atoms with Crippen LogP contribution in [0.1, 0.15) is 17.3 Å². The number of nitrogens with zero attached hydrogens (tertiary/aromatic N) is 2. The Labute approximate surface area is 150 Å². The number of benzene rings is 1. The summed E-state index contributed by atoms with van der Waals surface area (Å²) in [5, 5.41) is 13.9. The highest BCUT2D eigenvalue weighted by Crippen LogP contribution is 2.11. The van der Waals surface area contributed by atoms with Gasteiger partial charge in [-0.3, -0.25) is 9.59 Å². The van der Waals surface area contributed by atoms with Crippen LogP contribution in [-0.2, 0) is 4.79 Å². The van der Waals surface area contributed by atoms with E-state index in [4.69, 9.17) is 4.74 Å². The predicted octanol–water partition coefficient (Wildman–Crippen LogP) is 1.11. The number of aromatic nitrogens is 1. The normalized spacial score (nSPS) is 11.5. The van der Waals surface area contributed by atoms with E-state index in [-0.39, 0.29) is 36.5 Å². The Bertz CT molecular complexity index is 767. The van der Waals surface area contributed by atoms with Gasteiger partial charge in [0.2, 0.25) is 0 Å². The average Bonchev–Trinajstić information content (AvgIpc) is 2.64. The fourth-order valence-corrected chi connectivity index (χ4v) is 2.09. The molecule has 1 heterocycles. The van der Waals surface area contributed by atoms with E-state index in [1.807, 2.05) is 0 Å². The largest absolute Gasteiger partial charge is 0.619 e. The molecule has 1 N–H and O–H groups in total. The number of carbonyl (C=O) groups excluding carboxylic acids is 2. The third-order valence-electron chi connectivity index (χ3n) is 3.83. The fraction of sp³-hybridized carbons (Fsp3) is 0.278. The molecule has 0 saturated heterocycles. The topological polar surface area (TPSA) is 85.6 Å². The maximum Gasteiger partial charge on any atom is 0.260 e. The van der Waals surface area contributed by atoms with E-state index in [9.17, 15) is 19.2 Å². The molecule has 0 radical (unpaired) electrons. The highest BCUT2D eigenvalue weighted by molar-refractivity contribution is 5.93. The Morgan fingerprint density at radius 1 is 1.31 bits per heavy atom. The van der Waals surface area contributed by atoms with Crippen LogP contribution in [0.4, 0.5) is 4.39 Å². The highest BCUT2D eigenvalue weighted by Gasteiger charge is 2.18. The second-order valence-corrected chi connectivity index (χ2v) is 5.76. The van der Waals surface area contributed by atoms with Crippen molar-refractivity contribution in [1.29, 1.82) is 0 Å². The van der Waals surface area contributed by atoms with Crippen LogP contribution in [0.2, 0.25) is 0 Å². The number of amides is 2. The predicted molar refractivity (Wildman–Crippen MR) is 91.9 cm³/mol. The molecule has 0 spiro atoms. The second-order valence-electron chi connectivity index (χ2n) is 5.76. The van der Waals surface area contributed by atoms with Gasteiger partial charge in [0, 0.05) is 25.7 Å². The second kappa shape index (κ2) is 8.80. The number of pyridine rings is 1. The van der Waals surface area contributed by atoms with Crippen molar-refractivity contribution in [2.45, 2.75) is 13.0 Å². The maximum atomic E-state index is 12.8. The van der Waals surface area contributed by atoms with Gasteiger partial charge in [-0.1, -0.05) is 0 Å². The molecule has 8 heteroatoms. The molecule has 1 aromatic heterocycles. The molecule has 2 aromatic rings. The van der Waals surface area contributed by atoms with Crippen molar-refractivity contribution in [3.63, 3.8) is 0 Å². The third kappa shape index (κ3) is 5.44. The number of hydrogen-bond donors (Lipinski definition) is 1. The van der Waals surface area contributed by atoms with Gasteiger partial charge in [0.1, 0.15) is 17.1 Å². The molecule has 0 aliphatic rings. The Morgan fingerprint density at radius 3 is 2.65 bits per heavy atom. The van der Waals surface area contributed by atoms with E-state index in [0.717, 1.165) is 0 Å². The molecule has 1 aromatic carbocycles. The molecule has 2 amide bonds. The molecular formula is C18H20FN3O4. The van der Waals surface area contributed by atoms with Gasteiger partial charge in [-0.25, -0.2) is 4.39 Å². The Morgan fingerprint density at radius 2 is 2.00 bits per heavy atom. The van der Waals surface area contributed by atoms with Gasteiger partial charge >= 0.3 is 0 Å². The molecular weight excluding hydrogens is 341 g/mol. The lowest BCUT2D eigenvalue weighted by atomic mass is 10.2. The maximum absolute atomic E-state index is 12.8. The molecule has 7 nitrogen and oxygen atoms in total. The first-order valence-electron chi connectivity index (χ1n) is 7.98. The van der Waals surface area contributed by atoms with Crippen LogP contribution in [0, 0.1) is 11.0 Å². The zero-order valence-corrected chi connectivity index (χ0v) is 14.5. The molecule has 0 fully saturated rings. The van der Waals surface area contributed by atoms with Gasteiger partial charge in [0.05, 0.1) is 0 Å². The van der Waals surface area contributed by atoms with Crippen LogP contribution in [0.5, 0.6) is 5.75 Å². The van der Waals surface area contributed by atoms with Gasteiger partial charge in [-0.05, 0) is 37.3 Å². The van der Waals surface area contributed by atoms with E-state index in [1.165, 1.54) is 53.7 Å². The Balaban J connectivity index is 1.80. The lowest BCUT2D eigenvalue weighted by Crippen LogP contribution is -2.45. The summed E-state index contributed by atoms with van der Waals surface area (Å²) < 4.78 is 18.7. The molecule has 0 saturated carbocycles. The first-order valence-corrected chi connectivity index (χ1v) is 7.98. The van der Waals surface area contributed by atoms with Crippen LogP contribution >= 0.6 is 0 Å². The smallest absolute Gasteiger partial charge is 0.260 e. The number of ether oxygens (including phenoxy) is 1. The van der Waals surface area contributed by atoms with E-state index in [0.29, 0.717) is 10.5 Å². The van der Waals surface area contributed by atoms with Gasteiger partial charge < -0.3 is 20.2 Å². The summed E-state index contributed by atoms with van der Waals surface area (Å²) in [5.41, 5.74) is 0.239. The monoisotopic (exact) mass is 361 g/mol. The Kier molecular flexibility index (Phi) is 6.48. The van der Waals surface area contributed by atoms with E-state index >= 15 is 0 Å². The zero-order chi connectivity index (χ0) is 19.1.